The Kier molecular flexibility index (Phi) is 4.86. The number of nitrogens with zero attached hydrogens (tertiary/aromatic N) is 2. The lowest BCUT2D eigenvalue weighted by Crippen LogP contribution is -2.40. The molecular weight excluding hydrogens is 356 g/mol. The van der Waals surface area contributed by atoms with E-state index in [-0.39, 0.29) is 24.0 Å². The van der Waals surface area contributed by atoms with Crippen LogP contribution in [-0.4, -0.2) is 30.9 Å². The van der Waals surface area contributed by atoms with Gasteiger partial charge in [0.15, 0.2) is 5.78 Å². The maximum absolute atomic E-state index is 13.2. The van der Waals surface area contributed by atoms with Gasteiger partial charge in [0.1, 0.15) is 11.5 Å². The third kappa shape index (κ3) is 3.15. The minimum atomic E-state index is -0.220. The van der Waals surface area contributed by atoms with Crippen molar-refractivity contribution in [2.75, 3.05) is 19.1 Å². The number of Topliss-reactive ketones (excluding diaryl/α,β-unsaturated/α-hetero) is 1. The molecular formula is C22H22N2O4. The number of amides is 1. The summed E-state index contributed by atoms with van der Waals surface area (Å²) < 4.78 is 10.7. The average molecular weight is 378 g/mol. The summed E-state index contributed by atoms with van der Waals surface area (Å²) in [5, 5.41) is 0. The number of aromatic nitrogens is 1. The van der Waals surface area contributed by atoms with E-state index >= 15 is 0 Å². The molecule has 4 rings (SSSR count). The number of ketones is 1. The molecule has 6 heteroatoms. The molecule has 0 N–H and O–H groups in total. The van der Waals surface area contributed by atoms with Crippen LogP contribution in [0, 0.1) is 0 Å². The minimum absolute atomic E-state index is 0.0365. The molecule has 1 aromatic carbocycles. The van der Waals surface area contributed by atoms with Crippen molar-refractivity contribution in [1.29, 1.82) is 0 Å². The molecule has 0 bridgehead atoms. The van der Waals surface area contributed by atoms with Gasteiger partial charge in [0, 0.05) is 60.6 Å². The first-order valence-electron chi connectivity index (χ1n) is 9.34. The van der Waals surface area contributed by atoms with Gasteiger partial charge in [0.2, 0.25) is 5.91 Å². The first-order chi connectivity index (χ1) is 13.6. The van der Waals surface area contributed by atoms with Gasteiger partial charge in [-0.3, -0.25) is 19.5 Å². The normalized spacial score (nSPS) is 19.5. The number of hydrogen-bond donors (Lipinski definition) is 0. The van der Waals surface area contributed by atoms with Gasteiger partial charge in [0.25, 0.3) is 0 Å². The number of carbonyl (C=O) groups excluding carboxylic acids is 2. The average Bonchev–Trinajstić information content (AvgIpc) is 2.73. The monoisotopic (exact) mass is 378 g/mol. The summed E-state index contributed by atoms with van der Waals surface area (Å²) >= 11 is 0. The molecule has 2 aliphatic rings. The fourth-order valence-electron chi connectivity index (χ4n) is 4.09. The standard InChI is InChI=1S/C22H22N2O4/c1-27-16-10-15(11-17(12-16)28-2)24-19-4-3-5-20(25)22(19)18(13-21(24)26)14-6-8-23-9-7-14/h6-12,18H,3-5,13H2,1-2H3. The van der Waals surface area contributed by atoms with E-state index in [2.05, 4.69) is 4.98 Å². The van der Waals surface area contributed by atoms with E-state index in [9.17, 15) is 9.59 Å². The lowest BCUT2D eigenvalue weighted by molar-refractivity contribution is -0.119. The predicted molar refractivity (Wildman–Crippen MR) is 105 cm³/mol. The van der Waals surface area contributed by atoms with E-state index in [4.69, 9.17) is 9.47 Å². The molecule has 0 radical (unpaired) electrons. The van der Waals surface area contributed by atoms with Gasteiger partial charge in [0.05, 0.1) is 19.9 Å². The lowest BCUT2D eigenvalue weighted by atomic mass is 9.77. The number of allylic oxidation sites excluding steroid dienone is 2. The summed E-state index contributed by atoms with van der Waals surface area (Å²) in [7, 11) is 3.15. The van der Waals surface area contributed by atoms with Crippen molar-refractivity contribution in [3.63, 3.8) is 0 Å². The second-order valence-corrected chi connectivity index (χ2v) is 6.97. The molecule has 1 aliphatic carbocycles. The van der Waals surface area contributed by atoms with Crippen molar-refractivity contribution in [1.82, 2.24) is 4.98 Å². The Morgan fingerprint density at radius 2 is 1.68 bits per heavy atom. The highest BCUT2D eigenvalue weighted by molar-refractivity contribution is 6.07. The van der Waals surface area contributed by atoms with Gasteiger partial charge >= 0.3 is 0 Å². The molecule has 0 fully saturated rings. The molecule has 1 atom stereocenters. The number of carbonyl (C=O) groups is 2. The van der Waals surface area contributed by atoms with Crippen molar-refractivity contribution in [2.45, 2.75) is 31.6 Å². The molecule has 6 nitrogen and oxygen atoms in total. The molecule has 1 unspecified atom stereocenters. The maximum atomic E-state index is 13.2. The van der Waals surface area contributed by atoms with Crippen molar-refractivity contribution in [3.05, 3.63) is 59.6 Å². The quantitative estimate of drug-likeness (QED) is 0.813. The van der Waals surface area contributed by atoms with Gasteiger partial charge in [-0.05, 0) is 30.5 Å². The zero-order valence-corrected chi connectivity index (χ0v) is 16.0. The van der Waals surface area contributed by atoms with Crippen LogP contribution >= 0.6 is 0 Å². The van der Waals surface area contributed by atoms with Crippen LogP contribution in [-0.2, 0) is 9.59 Å². The van der Waals surface area contributed by atoms with Crippen molar-refractivity contribution >= 4 is 17.4 Å². The number of benzene rings is 1. The van der Waals surface area contributed by atoms with Gasteiger partial charge in [-0.2, -0.15) is 0 Å². The van der Waals surface area contributed by atoms with Crippen molar-refractivity contribution in [3.8, 4) is 11.5 Å². The minimum Gasteiger partial charge on any atom is -0.497 e. The van der Waals surface area contributed by atoms with Gasteiger partial charge in [-0.15, -0.1) is 0 Å². The van der Waals surface area contributed by atoms with Crippen LogP contribution in [0.1, 0.15) is 37.2 Å². The number of rotatable bonds is 4. The van der Waals surface area contributed by atoms with E-state index in [1.807, 2.05) is 12.1 Å². The van der Waals surface area contributed by atoms with E-state index in [1.54, 1.807) is 49.7 Å². The highest BCUT2D eigenvalue weighted by Gasteiger charge is 2.39. The molecule has 1 amide bonds. The second kappa shape index (κ2) is 7.46. The fraction of sp³-hybridized carbons (Fsp3) is 0.318. The van der Waals surface area contributed by atoms with Crippen LogP contribution in [0.5, 0.6) is 11.5 Å². The van der Waals surface area contributed by atoms with Crippen LogP contribution in [0.2, 0.25) is 0 Å². The third-order valence-electron chi connectivity index (χ3n) is 5.38. The maximum Gasteiger partial charge on any atom is 0.232 e. The van der Waals surface area contributed by atoms with Crippen LogP contribution in [0.4, 0.5) is 5.69 Å². The molecule has 0 saturated heterocycles. The van der Waals surface area contributed by atoms with Crippen LogP contribution in [0.15, 0.2) is 54.0 Å². The van der Waals surface area contributed by atoms with E-state index in [0.29, 0.717) is 30.0 Å². The molecule has 0 saturated carbocycles. The number of anilines is 1. The van der Waals surface area contributed by atoms with E-state index in [0.717, 1.165) is 23.3 Å². The van der Waals surface area contributed by atoms with Crippen molar-refractivity contribution < 1.29 is 19.1 Å². The zero-order valence-electron chi connectivity index (χ0n) is 16.0. The molecule has 1 aliphatic heterocycles. The van der Waals surface area contributed by atoms with E-state index < -0.39 is 0 Å². The molecule has 2 heterocycles. The fourth-order valence-corrected chi connectivity index (χ4v) is 4.09. The number of hydrogen-bond acceptors (Lipinski definition) is 5. The Balaban J connectivity index is 1.87. The Labute approximate surface area is 163 Å². The summed E-state index contributed by atoms with van der Waals surface area (Å²) in [6.07, 6.45) is 5.59. The van der Waals surface area contributed by atoms with Crippen LogP contribution in [0.3, 0.4) is 0 Å². The van der Waals surface area contributed by atoms with E-state index in [1.165, 1.54) is 0 Å². The van der Waals surface area contributed by atoms with Gasteiger partial charge in [-0.25, -0.2) is 0 Å². The van der Waals surface area contributed by atoms with Crippen LogP contribution < -0.4 is 14.4 Å². The summed E-state index contributed by atoms with van der Waals surface area (Å²) in [6, 6.07) is 9.14. The highest BCUT2D eigenvalue weighted by Crippen LogP contribution is 2.44. The highest BCUT2D eigenvalue weighted by atomic mass is 16.5. The second-order valence-electron chi connectivity index (χ2n) is 6.97. The Morgan fingerprint density at radius 1 is 1.00 bits per heavy atom. The lowest BCUT2D eigenvalue weighted by Gasteiger charge is -2.38. The molecule has 1 aromatic heterocycles. The Hall–Kier alpha value is -3.15. The summed E-state index contributed by atoms with van der Waals surface area (Å²) in [5.41, 5.74) is 3.16. The number of methoxy groups -OCH3 is 2. The molecule has 0 spiro atoms. The van der Waals surface area contributed by atoms with Gasteiger partial charge in [-0.1, -0.05) is 0 Å². The largest absolute Gasteiger partial charge is 0.497 e. The SMILES string of the molecule is COc1cc(OC)cc(N2C(=O)CC(c3ccncc3)C3=C2CCCC3=O)c1. The Morgan fingerprint density at radius 3 is 2.32 bits per heavy atom. The first-order valence-corrected chi connectivity index (χ1v) is 9.34. The van der Waals surface area contributed by atoms with Crippen LogP contribution in [0.25, 0.3) is 0 Å². The van der Waals surface area contributed by atoms with Crippen molar-refractivity contribution in [2.24, 2.45) is 0 Å². The predicted octanol–water partition coefficient (Wildman–Crippen LogP) is 3.63. The third-order valence-corrected chi connectivity index (χ3v) is 5.38. The molecule has 28 heavy (non-hydrogen) atoms. The Bertz CT molecular complexity index is 930. The number of ether oxygens (including phenoxy) is 2. The molecule has 144 valence electrons. The summed E-state index contributed by atoms with van der Waals surface area (Å²) in [6.45, 7) is 0. The smallest absolute Gasteiger partial charge is 0.232 e. The number of pyridine rings is 1. The first kappa shape index (κ1) is 18.2. The molecule has 2 aromatic rings. The topological polar surface area (TPSA) is 68.7 Å². The zero-order chi connectivity index (χ0) is 19.7. The van der Waals surface area contributed by atoms with Gasteiger partial charge < -0.3 is 9.47 Å². The summed E-state index contributed by atoms with van der Waals surface area (Å²) in [4.78, 5) is 31.8. The summed E-state index contributed by atoms with van der Waals surface area (Å²) in [5.74, 6) is 1.06.